The molecule has 1 aliphatic rings. The van der Waals surface area contributed by atoms with Gasteiger partial charge in [0.2, 0.25) is 5.91 Å². The summed E-state index contributed by atoms with van der Waals surface area (Å²) in [5, 5.41) is 6.00. The lowest BCUT2D eigenvalue weighted by Gasteiger charge is -2.34. The van der Waals surface area contributed by atoms with Gasteiger partial charge in [0.1, 0.15) is 11.8 Å². The maximum absolute atomic E-state index is 15.9. The Morgan fingerprint density at radius 2 is 1.80 bits per heavy atom. The molecule has 3 N–H and O–H groups in total. The van der Waals surface area contributed by atoms with Crippen LogP contribution in [0.25, 0.3) is 5.52 Å². The van der Waals surface area contributed by atoms with Crippen molar-refractivity contribution in [3.05, 3.63) is 59.5 Å². The molecule has 3 heterocycles. The van der Waals surface area contributed by atoms with E-state index in [1.807, 2.05) is 0 Å². The molecule has 13 heteroatoms. The topological polar surface area (TPSA) is 106 Å². The molecule has 4 rings (SSSR count). The first-order chi connectivity index (χ1) is 16.3. The van der Waals surface area contributed by atoms with Gasteiger partial charge >= 0.3 is 6.18 Å². The summed E-state index contributed by atoms with van der Waals surface area (Å²) in [5.41, 5.74) is 0.171. The van der Waals surface area contributed by atoms with Crippen LogP contribution in [0.4, 0.5) is 27.8 Å². The van der Waals surface area contributed by atoms with Crippen LogP contribution in [0, 0.1) is 5.92 Å². The van der Waals surface area contributed by atoms with E-state index in [0.717, 1.165) is 11.2 Å². The van der Waals surface area contributed by atoms with Crippen LogP contribution in [-0.4, -0.2) is 50.3 Å². The number of rotatable bonds is 4. The van der Waals surface area contributed by atoms with Crippen molar-refractivity contribution in [1.82, 2.24) is 24.8 Å². The van der Waals surface area contributed by atoms with Gasteiger partial charge in [0.25, 0.3) is 11.8 Å². The smallest absolute Gasteiger partial charge is 0.382 e. The molecule has 1 atom stereocenters. The molecule has 3 aromatic rings. The Hall–Kier alpha value is -3.77. The Balaban J connectivity index is 1.98. The van der Waals surface area contributed by atoms with Crippen LogP contribution in [-0.2, 0) is 16.5 Å². The molecular weight excluding hydrogens is 475 g/mol. The third-order valence-corrected chi connectivity index (χ3v) is 5.94. The number of benzene rings is 1. The van der Waals surface area contributed by atoms with E-state index >= 15 is 8.78 Å². The summed E-state index contributed by atoms with van der Waals surface area (Å²) >= 11 is 0. The van der Waals surface area contributed by atoms with Crippen LogP contribution in [0.3, 0.4) is 0 Å². The van der Waals surface area contributed by atoms with Gasteiger partial charge in [0.15, 0.2) is 11.4 Å². The van der Waals surface area contributed by atoms with Crippen molar-refractivity contribution in [3.8, 4) is 0 Å². The number of amides is 2. The van der Waals surface area contributed by atoms with E-state index in [2.05, 4.69) is 15.4 Å². The number of hydrogen-bond donors (Lipinski definition) is 2. The zero-order valence-electron chi connectivity index (χ0n) is 18.6. The monoisotopic (exact) mass is 496 g/mol. The Bertz CT molecular complexity index is 1290. The quantitative estimate of drug-likeness (QED) is 0.540. The molecule has 2 aromatic heterocycles. The first kappa shape index (κ1) is 24.4. The van der Waals surface area contributed by atoms with Gasteiger partial charge < -0.3 is 16.0 Å². The Labute approximate surface area is 195 Å². The van der Waals surface area contributed by atoms with E-state index in [4.69, 9.17) is 5.73 Å². The largest absolute Gasteiger partial charge is 0.418 e. The second-order valence-electron chi connectivity index (χ2n) is 8.63. The lowest BCUT2D eigenvalue weighted by Crippen LogP contribution is -2.58. The minimum atomic E-state index is -4.99. The highest BCUT2D eigenvalue weighted by Gasteiger charge is 2.65. The predicted molar refractivity (Wildman–Crippen MR) is 114 cm³/mol. The van der Waals surface area contributed by atoms with Crippen molar-refractivity contribution in [1.29, 1.82) is 0 Å². The number of alkyl halides is 5. The van der Waals surface area contributed by atoms with Crippen molar-refractivity contribution in [3.63, 3.8) is 0 Å². The number of nitrogens with one attached hydrogen (secondary N) is 1. The van der Waals surface area contributed by atoms with Crippen molar-refractivity contribution < 1.29 is 31.5 Å². The van der Waals surface area contributed by atoms with Crippen molar-refractivity contribution in [2.75, 3.05) is 18.8 Å². The number of likely N-dealkylation sites (tertiary alicyclic amines) is 1. The molecule has 1 aromatic carbocycles. The molecule has 186 valence electrons. The van der Waals surface area contributed by atoms with Gasteiger partial charge in [-0.05, 0) is 18.2 Å². The first-order valence-electron chi connectivity index (χ1n) is 10.5. The Morgan fingerprint density at radius 1 is 1.14 bits per heavy atom. The number of nitrogens with two attached hydrogens (primary N) is 1. The van der Waals surface area contributed by atoms with Crippen molar-refractivity contribution in [2.24, 2.45) is 5.92 Å². The molecule has 0 saturated carbocycles. The van der Waals surface area contributed by atoms with Gasteiger partial charge in [0, 0.05) is 11.5 Å². The van der Waals surface area contributed by atoms with Gasteiger partial charge in [-0.25, -0.2) is 18.3 Å². The summed E-state index contributed by atoms with van der Waals surface area (Å²) in [6, 6.07) is 7.82. The second kappa shape index (κ2) is 8.17. The molecule has 35 heavy (non-hydrogen) atoms. The minimum absolute atomic E-state index is 0.00218. The number of hydrogen-bond acceptors (Lipinski definition) is 5. The highest BCUT2D eigenvalue weighted by Crippen LogP contribution is 2.47. The van der Waals surface area contributed by atoms with Gasteiger partial charge in [0.05, 0.1) is 24.3 Å². The Morgan fingerprint density at radius 3 is 2.40 bits per heavy atom. The third-order valence-electron chi connectivity index (χ3n) is 5.94. The van der Waals surface area contributed by atoms with Crippen LogP contribution in [0.5, 0.6) is 0 Å². The normalized spacial score (nSPS) is 19.9. The summed E-state index contributed by atoms with van der Waals surface area (Å²) in [6.07, 6.45) is -4.17. The molecule has 0 spiro atoms. The third kappa shape index (κ3) is 3.94. The SMILES string of the molecule is CC(C)C(=O)N1CC(F)(F)[C@](NC(=O)c2ccccc2)(c2cc(C(F)(F)F)c3c(N)ncnn23)C1. The number of carbonyl (C=O) groups is 2. The number of nitrogen functional groups attached to an aromatic ring is 1. The zero-order chi connectivity index (χ0) is 25.8. The number of aromatic nitrogens is 3. The van der Waals surface area contributed by atoms with E-state index in [1.165, 1.54) is 38.1 Å². The standard InChI is InChI=1S/C22H21F5N6O2/c1-12(2)19(35)32-9-20(21(23,24)10-32,31-18(34)13-6-4-3-5-7-13)15-8-14(22(25,26)27)16-17(28)29-11-30-33(15)16/h3-8,11-12H,9-10H2,1-2H3,(H,31,34)(H2,28,29,30)/t20-/m1/s1. The average molecular weight is 496 g/mol. The molecule has 1 saturated heterocycles. The Kier molecular flexibility index (Phi) is 5.68. The molecule has 0 radical (unpaired) electrons. The molecule has 0 bridgehead atoms. The number of halogens is 5. The maximum atomic E-state index is 15.9. The van der Waals surface area contributed by atoms with Gasteiger partial charge in [-0.2, -0.15) is 18.3 Å². The van der Waals surface area contributed by atoms with Crippen molar-refractivity contribution >= 4 is 23.1 Å². The van der Waals surface area contributed by atoms with Gasteiger partial charge in [-0.1, -0.05) is 32.0 Å². The van der Waals surface area contributed by atoms with Crippen LogP contribution < -0.4 is 11.1 Å². The van der Waals surface area contributed by atoms with E-state index in [0.29, 0.717) is 10.6 Å². The highest BCUT2D eigenvalue weighted by molar-refractivity contribution is 5.95. The second-order valence-corrected chi connectivity index (χ2v) is 8.63. The fourth-order valence-electron chi connectivity index (χ4n) is 4.26. The van der Waals surface area contributed by atoms with E-state index < -0.39 is 71.1 Å². The average Bonchev–Trinajstić information content (AvgIpc) is 3.30. The van der Waals surface area contributed by atoms with Crippen LogP contribution in [0.1, 0.15) is 35.5 Å². The van der Waals surface area contributed by atoms with E-state index in [1.54, 1.807) is 6.07 Å². The first-order valence-corrected chi connectivity index (χ1v) is 10.5. The number of carbonyl (C=O) groups excluding carboxylic acids is 2. The number of fused-ring (bicyclic) bond motifs is 1. The maximum Gasteiger partial charge on any atom is 0.418 e. The molecule has 1 aliphatic heterocycles. The lowest BCUT2D eigenvalue weighted by atomic mass is 9.89. The van der Waals surface area contributed by atoms with Crippen LogP contribution in [0.15, 0.2) is 42.7 Å². The molecular formula is C22H21F5N6O2. The molecule has 1 fully saturated rings. The fraction of sp³-hybridized carbons (Fsp3) is 0.364. The summed E-state index contributed by atoms with van der Waals surface area (Å²) in [5.74, 6) is -6.74. The molecule has 0 unspecified atom stereocenters. The van der Waals surface area contributed by atoms with Crippen LogP contribution >= 0.6 is 0 Å². The van der Waals surface area contributed by atoms with E-state index in [-0.39, 0.29) is 5.56 Å². The van der Waals surface area contributed by atoms with Gasteiger partial charge in [-0.3, -0.25) is 9.59 Å². The van der Waals surface area contributed by atoms with Crippen LogP contribution in [0.2, 0.25) is 0 Å². The summed E-state index contributed by atoms with van der Waals surface area (Å²) < 4.78 is 74.0. The number of nitrogens with zero attached hydrogens (tertiary/aromatic N) is 4. The fourth-order valence-corrected chi connectivity index (χ4v) is 4.26. The summed E-state index contributed by atoms with van der Waals surface area (Å²) in [7, 11) is 0. The minimum Gasteiger partial charge on any atom is -0.382 e. The lowest BCUT2D eigenvalue weighted by molar-refractivity contribution is -0.136. The van der Waals surface area contributed by atoms with Gasteiger partial charge in [-0.15, -0.1) is 0 Å². The molecule has 8 nitrogen and oxygen atoms in total. The summed E-state index contributed by atoms with van der Waals surface area (Å²) in [4.78, 5) is 30.1. The van der Waals surface area contributed by atoms with Crippen molar-refractivity contribution in [2.45, 2.75) is 31.5 Å². The van der Waals surface area contributed by atoms with E-state index in [9.17, 15) is 22.8 Å². The molecule has 2 amide bonds. The highest BCUT2D eigenvalue weighted by atomic mass is 19.4. The number of anilines is 1. The predicted octanol–water partition coefficient (Wildman–Crippen LogP) is 3.09. The zero-order valence-corrected chi connectivity index (χ0v) is 18.6. The summed E-state index contributed by atoms with van der Waals surface area (Å²) in [6.45, 7) is 1.11. The molecule has 0 aliphatic carbocycles.